The van der Waals surface area contributed by atoms with Gasteiger partial charge in [-0.1, -0.05) is 0 Å². The minimum absolute atomic E-state index is 0.0512. The number of methoxy groups -OCH3 is 1. The monoisotopic (exact) mass is 316 g/mol. The normalized spacial score (nSPS) is 20.2. The molecule has 1 aliphatic heterocycles. The van der Waals surface area contributed by atoms with Crippen molar-refractivity contribution in [1.82, 2.24) is 18.6 Å². The van der Waals surface area contributed by atoms with Crippen LogP contribution in [-0.2, 0) is 21.5 Å². The molecule has 7 nitrogen and oxygen atoms in total. The Morgan fingerprint density at radius 2 is 2.24 bits per heavy atom. The Balaban J connectivity index is 1.90. The highest BCUT2D eigenvalue weighted by Gasteiger charge is 2.33. The third-order valence-electron chi connectivity index (χ3n) is 3.97. The number of rotatable bonds is 7. The maximum Gasteiger partial charge on any atom is 0.279 e. The van der Waals surface area contributed by atoms with E-state index in [0.717, 1.165) is 24.2 Å². The van der Waals surface area contributed by atoms with Gasteiger partial charge in [0, 0.05) is 38.5 Å². The van der Waals surface area contributed by atoms with E-state index in [2.05, 4.69) is 9.71 Å². The second-order valence-electron chi connectivity index (χ2n) is 5.37. The SMILES string of the molecule is COCC1CCCN1S(=O)(=O)NCCn1cnc(C)c1C. The summed E-state index contributed by atoms with van der Waals surface area (Å²) in [7, 11) is -1.84. The molecular formula is C13H24N4O3S. The van der Waals surface area contributed by atoms with Gasteiger partial charge in [0.2, 0.25) is 0 Å². The Labute approximate surface area is 126 Å². The van der Waals surface area contributed by atoms with Gasteiger partial charge in [0.25, 0.3) is 10.2 Å². The van der Waals surface area contributed by atoms with Crippen LogP contribution in [0.15, 0.2) is 6.33 Å². The molecule has 0 aromatic carbocycles. The zero-order valence-electron chi connectivity index (χ0n) is 12.9. The van der Waals surface area contributed by atoms with Crippen LogP contribution in [-0.4, -0.2) is 55.1 Å². The molecule has 1 aliphatic rings. The molecule has 1 N–H and O–H groups in total. The second kappa shape index (κ2) is 6.87. The first-order valence-corrected chi connectivity index (χ1v) is 8.63. The summed E-state index contributed by atoms with van der Waals surface area (Å²) in [6.07, 6.45) is 3.48. The number of aromatic nitrogens is 2. The average Bonchev–Trinajstić information content (AvgIpc) is 3.01. The summed E-state index contributed by atoms with van der Waals surface area (Å²) < 4.78 is 35.9. The van der Waals surface area contributed by atoms with E-state index in [0.29, 0.717) is 26.2 Å². The van der Waals surface area contributed by atoms with Crippen LogP contribution in [0.25, 0.3) is 0 Å². The molecule has 1 unspecified atom stereocenters. The first-order chi connectivity index (χ1) is 9.95. The Hall–Kier alpha value is -0.960. The Bertz CT molecular complexity index is 570. The fourth-order valence-corrected chi connectivity index (χ4v) is 4.08. The summed E-state index contributed by atoms with van der Waals surface area (Å²) >= 11 is 0. The minimum atomic E-state index is -3.44. The molecule has 0 saturated carbocycles. The Morgan fingerprint density at radius 3 is 2.86 bits per heavy atom. The van der Waals surface area contributed by atoms with Crippen molar-refractivity contribution in [3.63, 3.8) is 0 Å². The number of nitrogens with one attached hydrogen (secondary N) is 1. The Morgan fingerprint density at radius 1 is 1.48 bits per heavy atom. The van der Waals surface area contributed by atoms with E-state index in [1.165, 1.54) is 4.31 Å². The van der Waals surface area contributed by atoms with Crippen molar-refractivity contribution in [2.75, 3.05) is 26.8 Å². The molecule has 0 spiro atoms. The smallest absolute Gasteiger partial charge is 0.279 e. The molecule has 1 saturated heterocycles. The zero-order valence-corrected chi connectivity index (χ0v) is 13.7. The van der Waals surface area contributed by atoms with Crippen molar-refractivity contribution < 1.29 is 13.2 Å². The standard InChI is InChI=1S/C13H24N4O3S/c1-11-12(2)16(10-14-11)8-6-15-21(18,19)17-7-4-5-13(17)9-20-3/h10,13,15H,4-9H2,1-3H3. The van der Waals surface area contributed by atoms with Gasteiger partial charge >= 0.3 is 0 Å². The average molecular weight is 316 g/mol. The zero-order chi connectivity index (χ0) is 15.5. The third-order valence-corrected chi connectivity index (χ3v) is 5.64. The first kappa shape index (κ1) is 16.4. The Kier molecular flexibility index (Phi) is 5.37. The molecule has 0 bridgehead atoms. The van der Waals surface area contributed by atoms with Gasteiger partial charge in [0.05, 0.1) is 18.6 Å². The molecule has 1 aromatic rings. The predicted octanol–water partition coefficient (Wildman–Crippen LogP) is 0.445. The van der Waals surface area contributed by atoms with Crippen LogP contribution in [0.4, 0.5) is 0 Å². The van der Waals surface area contributed by atoms with Gasteiger partial charge in [0.1, 0.15) is 0 Å². The van der Waals surface area contributed by atoms with E-state index >= 15 is 0 Å². The van der Waals surface area contributed by atoms with E-state index in [1.54, 1.807) is 13.4 Å². The van der Waals surface area contributed by atoms with Gasteiger partial charge in [-0.2, -0.15) is 12.7 Å². The number of hydrogen-bond acceptors (Lipinski definition) is 4. The highest BCUT2D eigenvalue weighted by atomic mass is 32.2. The van der Waals surface area contributed by atoms with Crippen molar-refractivity contribution in [3.05, 3.63) is 17.7 Å². The summed E-state index contributed by atoms with van der Waals surface area (Å²) in [6.45, 7) is 5.86. The maximum atomic E-state index is 12.3. The van der Waals surface area contributed by atoms with E-state index < -0.39 is 10.2 Å². The lowest BCUT2D eigenvalue weighted by Crippen LogP contribution is -2.45. The van der Waals surface area contributed by atoms with Gasteiger partial charge in [-0.15, -0.1) is 0 Å². The quantitative estimate of drug-likeness (QED) is 0.792. The van der Waals surface area contributed by atoms with Crippen LogP contribution in [0.3, 0.4) is 0 Å². The fourth-order valence-electron chi connectivity index (χ4n) is 2.63. The molecule has 8 heteroatoms. The summed E-state index contributed by atoms with van der Waals surface area (Å²) in [5, 5.41) is 0. The predicted molar refractivity (Wildman–Crippen MR) is 80.2 cm³/mol. The van der Waals surface area contributed by atoms with Gasteiger partial charge in [-0.25, -0.2) is 9.71 Å². The van der Waals surface area contributed by atoms with Gasteiger partial charge < -0.3 is 9.30 Å². The fraction of sp³-hybridized carbons (Fsp3) is 0.769. The van der Waals surface area contributed by atoms with E-state index in [4.69, 9.17) is 4.74 Å². The molecule has 1 atom stereocenters. The number of nitrogens with zero attached hydrogens (tertiary/aromatic N) is 3. The molecule has 0 amide bonds. The highest BCUT2D eigenvalue weighted by Crippen LogP contribution is 2.20. The molecule has 1 aromatic heterocycles. The molecule has 21 heavy (non-hydrogen) atoms. The van der Waals surface area contributed by atoms with Crippen LogP contribution in [0, 0.1) is 13.8 Å². The van der Waals surface area contributed by atoms with E-state index in [1.807, 2.05) is 18.4 Å². The van der Waals surface area contributed by atoms with Crippen molar-refractivity contribution in [1.29, 1.82) is 0 Å². The van der Waals surface area contributed by atoms with Crippen LogP contribution >= 0.6 is 0 Å². The first-order valence-electron chi connectivity index (χ1n) is 7.19. The topological polar surface area (TPSA) is 76.5 Å². The number of hydrogen-bond donors (Lipinski definition) is 1. The number of imidazole rings is 1. The van der Waals surface area contributed by atoms with Crippen LogP contribution in [0.1, 0.15) is 24.2 Å². The van der Waals surface area contributed by atoms with E-state index in [-0.39, 0.29) is 6.04 Å². The summed E-state index contributed by atoms with van der Waals surface area (Å²) in [6, 6.07) is -0.0512. The van der Waals surface area contributed by atoms with Gasteiger partial charge in [0.15, 0.2) is 0 Å². The maximum absolute atomic E-state index is 12.3. The van der Waals surface area contributed by atoms with Gasteiger partial charge in [-0.05, 0) is 26.7 Å². The summed E-state index contributed by atoms with van der Waals surface area (Å²) in [5.74, 6) is 0. The van der Waals surface area contributed by atoms with Crippen molar-refractivity contribution in [3.8, 4) is 0 Å². The molecule has 120 valence electrons. The lowest BCUT2D eigenvalue weighted by atomic mass is 10.2. The van der Waals surface area contributed by atoms with E-state index in [9.17, 15) is 8.42 Å². The van der Waals surface area contributed by atoms with Gasteiger partial charge in [-0.3, -0.25) is 0 Å². The summed E-state index contributed by atoms with van der Waals surface area (Å²) in [5.41, 5.74) is 2.03. The summed E-state index contributed by atoms with van der Waals surface area (Å²) in [4.78, 5) is 4.20. The molecule has 2 heterocycles. The number of aryl methyl sites for hydroxylation is 1. The number of ether oxygens (including phenoxy) is 1. The van der Waals surface area contributed by atoms with Crippen molar-refractivity contribution in [2.24, 2.45) is 0 Å². The largest absolute Gasteiger partial charge is 0.383 e. The highest BCUT2D eigenvalue weighted by molar-refractivity contribution is 7.87. The molecule has 0 radical (unpaired) electrons. The lowest BCUT2D eigenvalue weighted by Gasteiger charge is -2.23. The molecular weight excluding hydrogens is 292 g/mol. The van der Waals surface area contributed by atoms with Crippen molar-refractivity contribution >= 4 is 10.2 Å². The third kappa shape index (κ3) is 3.82. The molecule has 1 fully saturated rings. The lowest BCUT2D eigenvalue weighted by molar-refractivity contribution is 0.148. The molecule has 0 aliphatic carbocycles. The van der Waals surface area contributed by atoms with Crippen LogP contribution in [0.2, 0.25) is 0 Å². The van der Waals surface area contributed by atoms with Crippen LogP contribution in [0.5, 0.6) is 0 Å². The molecule has 2 rings (SSSR count). The second-order valence-corrected chi connectivity index (χ2v) is 7.08. The van der Waals surface area contributed by atoms with Crippen molar-refractivity contribution in [2.45, 2.75) is 39.3 Å². The minimum Gasteiger partial charge on any atom is -0.383 e. The van der Waals surface area contributed by atoms with Crippen LogP contribution < -0.4 is 4.72 Å².